The molecule has 1 aliphatic rings. The van der Waals surface area contributed by atoms with E-state index in [1.54, 1.807) is 0 Å². The quantitative estimate of drug-likeness (QED) is 0.551. The van der Waals surface area contributed by atoms with Crippen molar-refractivity contribution in [3.63, 3.8) is 0 Å². The van der Waals surface area contributed by atoms with Crippen LogP contribution in [0.5, 0.6) is 0 Å². The van der Waals surface area contributed by atoms with E-state index < -0.39 is 0 Å². The van der Waals surface area contributed by atoms with Crippen LogP contribution in [0, 0.1) is 17.3 Å². The summed E-state index contributed by atoms with van der Waals surface area (Å²) >= 11 is 0. The molecule has 0 aliphatic heterocycles. The lowest BCUT2D eigenvalue weighted by molar-refractivity contribution is 0.0629. The van der Waals surface area contributed by atoms with Gasteiger partial charge in [0.1, 0.15) is 0 Å². The maximum absolute atomic E-state index is 2.44. The van der Waals surface area contributed by atoms with E-state index in [0.29, 0.717) is 5.41 Å². The Bertz CT molecular complexity index is 107. The van der Waals surface area contributed by atoms with E-state index in [4.69, 9.17) is 0 Å². The summed E-state index contributed by atoms with van der Waals surface area (Å²) in [6.07, 6.45) is 4.35. The molecule has 0 saturated heterocycles. The lowest BCUT2D eigenvalue weighted by atomic mass is 9.61. The molecule has 60 valence electrons. The Hall–Kier alpha value is 0. The first-order valence-electron chi connectivity index (χ1n) is 4.52. The average molecular weight is 140 g/mol. The third-order valence-corrected chi connectivity index (χ3v) is 2.58. The molecule has 0 radical (unpaired) electrons. The summed E-state index contributed by atoms with van der Waals surface area (Å²) in [6.45, 7) is 9.46. The predicted molar refractivity (Wildman–Crippen MR) is 46.0 cm³/mol. The maximum Gasteiger partial charge on any atom is -0.0318 e. The monoisotopic (exact) mass is 140 g/mol. The SMILES string of the molecule is CC(C)CC1(C)CC(C)C1. The van der Waals surface area contributed by atoms with Crippen LogP contribution in [0.15, 0.2) is 0 Å². The van der Waals surface area contributed by atoms with Gasteiger partial charge in [-0.2, -0.15) is 0 Å². The third-order valence-electron chi connectivity index (χ3n) is 2.58. The van der Waals surface area contributed by atoms with E-state index in [-0.39, 0.29) is 0 Å². The van der Waals surface area contributed by atoms with Crippen molar-refractivity contribution in [2.24, 2.45) is 17.3 Å². The smallest absolute Gasteiger partial charge is 0.0318 e. The van der Waals surface area contributed by atoms with Gasteiger partial charge in [0.05, 0.1) is 0 Å². The first-order valence-corrected chi connectivity index (χ1v) is 4.52. The number of hydrogen-bond donors (Lipinski definition) is 0. The highest BCUT2D eigenvalue weighted by molar-refractivity contribution is 4.88. The summed E-state index contributed by atoms with van der Waals surface area (Å²) in [5.74, 6) is 1.89. The van der Waals surface area contributed by atoms with Gasteiger partial charge in [0.25, 0.3) is 0 Å². The highest BCUT2D eigenvalue weighted by Crippen LogP contribution is 2.48. The molecular weight excluding hydrogens is 120 g/mol. The van der Waals surface area contributed by atoms with Crippen molar-refractivity contribution in [2.75, 3.05) is 0 Å². The molecule has 0 bridgehead atoms. The predicted octanol–water partition coefficient (Wildman–Crippen LogP) is 3.47. The highest BCUT2D eigenvalue weighted by atomic mass is 14.4. The zero-order valence-corrected chi connectivity index (χ0v) is 7.78. The fraction of sp³-hybridized carbons (Fsp3) is 1.00. The summed E-state index contributed by atoms with van der Waals surface area (Å²) in [7, 11) is 0. The zero-order chi connectivity index (χ0) is 7.78. The van der Waals surface area contributed by atoms with E-state index in [9.17, 15) is 0 Å². The molecule has 1 aliphatic carbocycles. The van der Waals surface area contributed by atoms with Gasteiger partial charge in [-0.05, 0) is 36.5 Å². The molecule has 0 heteroatoms. The lowest BCUT2D eigenvalue weighted by Gasteiger charge is -2.45. The molecule has 0 spiro atoms. The molecule has 1 fully saturated rings. The normalized spacial score (nSPS) is 39.9. The van der Waals surface area contributed by atoms with Crippen molar-refractivity contribution in [3.05, 3.63) is 0 Å². The van der Waals surface area contributed by atoms with Crippen molar-refractivity contribution in [1.29, 1.82) is 0 Å². The van der Waals surface area contributed by atoms with Gasteiger partial charge in [-0.3, -0.25) is 0 Å². The summed E-state index contributed by atoms with van der Waals surface area (Å²) in [5.41, 5.74) is 0.716. The van der Waals surface area contributed by atoms with Crippen LogP contribution in [0.3, 0.4) is 0 Å². The molecule has 1 rings (SSSR count). The van der Waals surface area contributed by atoms with Gasteiger partial charge in [-0.15, -0.1) is 0 Å². The van der Waals surface area contributed by atoms with E-state index in [1.807, 2.05) is 0 Å². The molecule has 0 unspecified atom stereocenters. The first-order chi connectivity index (χ1) is 4.52. The van der Waals surface area contributed by atoms with Gasteiger partial charge in [-0.25, -0.2) is 0 Å². The molecule has 0 nitrogen and oxygen atoms in total. The van der Waals surface area contributed by atoms with Gasteiger partial charge < -0.3 is 0 Å². The molecular formula is C10H20. The highest BCUT2D eigenvalue weighted by Gasteiger charge is 2.37. The summed E-state index contributed by atoms with van der Waals surface area (Å²) in [5, 5.41) is 0. The number of hydrogen-bond acceptors (Lipinski definition) is 0. The number of rotatable bonds is 2. The lowest BCUT2D eigenvalue weighted by Crippen LogP contribution is -2.33. The standard InChI is InChI=1S/C10H20/c1-8(2)5-10(4)6-9(3)7-10/h8-9H,5-7H2,1-4H3. The second kappa shape index (κ2) is 2.56. The Morgan fingerprint density at radius 1 is 1.40 bits per heavy atom. The van der Waals surface area contributed by atoms with Crippen molar-refractivity contribution in [1.82, 2.24) is 0 Å². The van der Waals surface area contributed by atoms with Crippen molar-refractivity contribution in [3.8, 4) is 0 Å². The van der Waals surface area contributed by atoms with Crippen LogP contribution in [0.2, 0.25) is 0 Å². The third kappa shape index (κ3) is 1.74. The Balaban J connectivity index is 2.27. The Morgan fingerprint density at radius 3 is 2.20 bits per heavy atom. The van der Waals surface area contributed by atoms with Gasteiger partial charge in [0.15, 0.2) is 0 Å². The minimum Gasteiger partial charge on any atom is -0.0628 e. The molecule has 0 aromatic carbocycles. The topological polar surface area (TPSA) is 0 Å². The molecule has 10 heavy (non-hydrogen) atoms. The minimum atomic E-state index is 0.716. The van der Waals surface area contributed by atoms with Gasteiger partial charge in [0, 0.05) is 0 Å². The van der Waals surface area contributed by atoms with E-state index in [2.05, 4.69) is 27.7 Å². The van der Waals surface area contributed by atoms with Crippen LogP contribution >= 0.6 is 0 Å². The van der Waals surface area contributed by atoms with Crippen molar-refractivity contribution < 1.29 is 0 Å². The van der Waals surface area contributed by atoms with Crippen LogP contribution in [-0.2, 0) is 0 Å². The largest absolute Gasteiger partial charge is 0.0628 e. The molecule has 0 N–H and O–H groups in total. The fourth-order valence-corrected chi connectivity index (χ4v) is 2.78. The molecule has 0 aromatic heterocycles. The van der Waals surface area contributed by atoms with Crippen LogP contribution in [0.1, 0.15) is 47.0 Å². The van der Waals surface area contributed by atoms with E-state index >= 15 is 0 Å². The van der Waals surface area contributed by atoms with Crippen molar-refractivity contribution >= 4 is 0 Å². The van der Waals surface area contributed by atoms with E-state index in [1.165, 1.54) is 19.3 Å². The molecule has 0 amide bonds. The Labute approximate surface area is 65.0 Å². The second-order valence-electron chi connectivity index (χ2n) is 4.92. The fourth-order valence-electron chi connectivity index (χ4n) is 2.78. The zero-order valence-electron chi connectivity index (χ0n) is 7.78. The van der Waals surface area contributed by atoms with Gasteiger partial charge >= 0.3 is 0 Å². The summed E-state index contributed by atoms with van der Waals surface area (Å²) < 4.78 is 0. The van der Waals surface area contributed by atoms with Crippen LogP contribution < -0.4 is 0 Å². The van der Waals surface area contributed by atoms with Crippen LogP contribution in [0.4, 0.5) is 0 Å². The Morgan fingerprint density at radius 2 is 1.90 bits per heavy atom. The Kier molecular flexibility index (Phi) is 2.07. The average Bonchev–Trinajstić information content (AvgIpc) is 1.57. The van der Waals surface area contributed by atoms with Crippen LogP contribution in [0.25, 0.3) is 0 Å². The first kappa shape index (κ1) is 8.10. The molecule has 1 saturated carbocycles. The second-order valence-corrected chi connectivity index (χ2v) is 4.92. The molecule has 0 heterocycles. The molecule has 0 aromatic rings. The van der Waals surface area contributed by atoms with Gasteiger partial charge in [0.2, 0.25) is 0 Å². The minimum absolute atomic E-state index is 0.716. The summed E-state index contributed by atoms with van der Waals surface area (Å²) in [4.78, 5) is 0. The summed E-state index contributed by atoms with van der Waals surface area (Å²) in [6, 6.07) is 0. The van der Waals surface area contributed by atoms with E-state index in [0.717, 1.165) is 11.8 Å². The maximum atomic E-state index is 2.44. The molecule has 0 atom stereocenters. The van der Waals surface area contributed by atoms with Crippen molar-refractivity contribution in [2.45, 2.75) is 47.0 Å². The van der Waals surface area contributed by atoms with Crippen LogP contribution in [-0.4, -0.2) is 0 Å². The van der Waals surface area contributed by atoms with Gasteiger partial charge in [-0.1, -0.05) is 27.7 Å².